The first-order valence-electron chi connectivity index (χ1n) is 11.6. The molecular weight excluding hydrogens is 500 g/mol. The lowest BCUT2D eigenvalue weighted by Gasteiger charge is -2.19. The van der Waals surface area contributed by atoms with Gasteiger partial charge in [-0.25, -0.2) is 9.59 Å². The lowest BCUT2D eigenvalue weighted by atomic mass is 9.88. The maximum atomic E-state index is 12.7. The molecular formula is C25H28N4O5S2. The van der Waals surface area contributed by atoms with Crippen LogP contribution in [-0.4, -0.2) is 52.6 Å². The van der Waals surface area contributed by atoms with Crippen molar-refractivity contribution < 1.29 is 23.9 Å². The minimum absolute atomic E-state index is 0.0768. The molecule has 1 aromatic carbocycles. The molecule has 9 nitrogen and oxygen atoms in total. The van der Waals surface area contributed by atoms with Gasteiger partial charge in [0.05, 0.1) is 31.1 Å². The lowest BCUT2D eigenvalue weighted by molar-refractivity contribution is -0.113. The number of thiophene rings is 1. The van der Waals surface area contributed by atoms with Gasteiger partial charge >= 0.3 is 11.9 Å². The second-order valence-electron chi connectivity index (χ2n) is 8.57. The highest BCUT2D eigenvalue weighted by atomic mass is 32.2. The number of nitrogens with one attached hydrogen (secondary N) is 1. The SMILES string of the molecule is CCn1c(SCC(=O)Nc2cc(C(=O)OC)cc(C(=O)OC)c2)nnc1-c1csc2c1CCC(C)C2. The first-order chi connectivity index (χ1) is 17.3. The summed E-state index contributed by atoms with van der Waals surface area (Å²) in [4.78, 5) is 38.1. The number of carbonyl (C=O) groups excluding carboxylic acids is 3. The molecule has 0 aliphatic heterocycles. The Balaban J connectivity index is 1.48. The van der Waals surface area contributed by atoms with E-state index in [0.29, 0.717) is 23.3 Å². The van der Waals surface area contributed by atoms with E-state index in [1.165, 1.54) is 61.0 Å². The van der Waals surface area contributed by atoms with Crippen molar-refractivity contribution in [1.29, 1.82) is 0 Å². The highest BCUT2D eigenvalue weighted by molar-refractivity contribution is 7.99. The molecule has 0 fully saturated rings. The number of aromatic nitrogens is 3. The van der Waals surface area contributed by atoms with E-state index in [9.17, 15) is 14.4 Å². The Labute approximate surface area is 217 Å². The maximum absolute atomic E-state index is 12.7. The smallest absolute Gasteiger partial charge is 0.337 e. The number of hydrogen-bond acceptors (Lipinski definition) is 9. The van der Waals surface area contributed by atoms with Crippen molar-refractivity contribution >= 4 is 46.6 Å². The van der Waals surface area contributed by atoms with Gasteiger partial charge in [-0.3, -0.25) is 4.79 Å². The molecule has 4 rings (SSSR count). The molecule has 2 aromatic heterocycles. The number of amides is 1. The summed E-state index contributed by atoms with van der Waals surface area (Å²) < 4.78 is 11.5. The molecule has 11 heteroatoms. The lowest BCUT2D eigenvalue weighted by Crippen LogP contribution is -2.16. The molecule has 0 saturated heterocycles. The molecule has 0 radical (unpaired) electrons. The van der Waals surface area contributed by atoms with Gasteiger partial charge in [0.25, 0.3) is 0 Å². The zero-order chi connectivity index (χ0) is 25.8. The van der Waals surface area contributed by atoms with Gasteiger partial charge in [0.2, 0.25) is 5.91 Å². The minimum atomic E-state index is -0.626. The molecule has 3 aromatic rings. The maximum Gasteiger partial charge on any atom is 0.337 e. The van der Waals surface area contributed by atoms with E-state index < -0.39 is 11.9 Å². The molecule has 1 unspecified atom stereocenters. The zero-order valence-corrected chi connectivity index (χ0v) is 22.3. The van der Waals surface area contributed by atoms with Crippen molar-refractivity contribution in [2.75, 3.05) is 25.3 Å². The van der Waals surface area contributed by atoms with Gasteiger partial charge in [-0.15, -0.1) is 21.5 Å². The van der Waals surface area contributed by atoms with Crippen molar-refractivity contribution in [2.24, 2.45) is 5.92 Å². The van der Waals surface area contributed by atoms with Gasteiger partial charge in [0.15, 0.2) is 11.0 Å². The number of methoxy groups -OCH3 is 2. The number of benzene rings is 1. The number of carbonyl (C=O) groups is 3. The average molecular weight is 529 g/mol. The monoisotopic (exact) mass is 528 g/mol. The van der Waals surface area contributed by atoms with Crippen LogP contribution in [0.25, 0.3) is 11.4 Å². The summed E-state index contributed by atoms with van der Waals surface area (Å²) in [5, 5.41) is 14.4. The third-order valence-corrected chi connectivity index (χ3v) is 8.08. The topological polar surface area (TPSA) is 112 Å². The van der Waals surface area contributed by atoms with Crippen molar-refractivity contribution in [2.45, 2.75) is 44.8 Å². The summed E-state index contributed by atoms with van der Waals surface area (Å²) in [5.41, 5.74) is 3.07. The van der Waals surface area contributed by atoms with Gasteiger partial charge in [0.1, 0.15) is 0 Å². The first-order valence-corrected chi connectivity index (χ1v) is 13.5. The van der Waals surface area contributed by atoms with Gasteiger partial charge in [-0.2, -0.15) is 0 Å². The Kier molecular flexibility index (Phi) is 8.10. The quantitative estimate of drug-likeness (QED) is 0.337. The molecule has 0 saturated carbocycles. The van der Waals surface area contributed by atoms with Gasteiger partial charge in [-0.05, 0) is 55.9 Å². The van der Waals surface area contributed by atoms with E-state index in [-0.39, 0.29) is 22.8 Å². The summed E-state index contributed by atoms with van der Waals surface area (Å²) in [7, 11) is 2.49. The van der Waals surface area contributed by atoms with Crippen LogP contribution in [0.2, 0.25) is 0 Å². The third kappa shape index (κ3) is 5.46. The van der Waals surface area contributed by atoms with Crippen LogP contribution in [0.5, 0.6) is 0 Å². The highest BCUT2D eigenvalue weighted by Crippen LogP contribution is 2.38. The number of hydrogen-bond donors (Lipinski definition) is 1. The van der Waals surface area contributed by atoms with Crippen molar-refractivity contribution in [3.05, 3.63) is 45.1 Å². The molecule has 190 valence electrons. The van der Waals surface area contributed by atoms with Crippen LogP contribution in [-0.2, 0) is 33.7 Å². The van der Waals surface area contributed by atoms with Crippen molar-refractivity contribution in [3.63, 3.8) is 0 Å². The van der Waals surface area contributed by atoms with E-state index >= 15 is 0 Å². The summed E-state index contributed by atoms with van der Waals surface area (Å²) >= 11 is 3.07. The van der Waals surface area contributed by atoms with Crippen LogP contribution in [0.3, 0.4) is 0 Å². The number of thioether (sulfide) groups is 1. The van der Waals surface area contributed by atoms with Crippen LogP contribution in [0.4, 0.5) is 5.69 Å². The molecule has 1 atom stereocenters. The van der Waals surface area contributed by atoms with Crippen LogP contribution in [0.15, 0.2) is 28.7 Å². The van der Waals surface area contributed by atoms with Crippen LogP contribution < -0.4 is 5.32 Å². The van der Waals surface area contributed by atoms with E-state index in [1.54, 1.807) is 11.3 Å². The Morgan fingerprint density at radius 2 is 1.83 bits per heavy atom. The Morgan fingerprint density at radius 3 is 2.47 bits per heavy atom. The second kappa shape index (κ2) is 11.3. The summed E-state index contributed by atoms with van der Waals surface area (Å²) in [6.07, 6.45) is 3.33. The fraction of sp³-hybridized carbons (Fsp3) is 0.400. The van der Waals surface area contributed by atoms with Crippen molar-refractivity contribution in [3.8, 4) is 11.4 Å². The number of rotatable bonds is 8. The molecule has 1 aliphatic rings. The van der Waals surface area contributed by atoms with Gasteiger partial charge in [0, 0.05) is 28.1 Å². The van der Waals surface area contributed by atoms with E-state index in [2.05, 4.69) is 27.8 Å². The molecule has 0 bridgehead atoms. The first kappa shape index (κ1) is 25.9. The number of nitrogens with zero attached hydrogens (tertiary/aromatic N) is 3. The zero-order valence-electron chi connectivity index (χ0n) is 20.6. The van der Waals surface area contributed by atoms with Gasteiger partial charge < -0.3 is 19.4 Å². The van der Waals surface area contributed by atoms with Crippen LogP contribution >= 0.6 is 23.1 Å². The summed E-state index contributed by atoms with van der Waals surface area (Å²) in [6.45, 7) is 5.00. The van der Waals surface area contributed by atoms with Crippen molar-refractivity contribution in [1.82, 2.24) is 14.8 Å². The van der Waals surface area contributed by atoms with Crippen LogP contribution in [0.1, 0.15) is 51.4 Å². The molecule has 36 heavy (non-hydrogen) atoms. The second-order valence-corrected chi connectivity index (χ2v) is 10.5. The van der Waals surface area contributed by atoms with Gasteiger partial charge in [-0.1, -0.05) is 18.7 Å². The van der Waals surface area contributed by atoms with E-state index in [0.717, 1.165) is 24.2 Å². The number of fused-ring (bicyclic) bond motifs is 1. The normalized spacial score (nSPS) is 14.7. The predicted octanol–water partition coefficient (Wildman–Crippen LogP) is 4.46. The molecule has 0 spiro atoms. The largest absolute Gasteiger partial charge is 0.465 e. The standard InChI is InChI=1S/C25H28N4O5S2/c1-5-29-22(19-12-35-20-8-14(2)6-7-18(19)20)27-28-25(29)36-13-21(30)26-17-10-15(23(31)33-3)9-16(11-17)24(32)34-4/h9-12,14H,5-8,13H2,1-4H3,(H,26,30). The fourth-order valence-electron chi connectivity index (χ4n) is 4.24. The van der Waals surface area contributed by atoms with E-state index in [1.807, 2.05) is 11.5 Å². The Bertz CT molecular complexity index is 1270. The molecule has 1 N–H and O–H groups in total. The average Bonchev–Trinajstić information content (AvgIpc) is 3.48. The number of ether oxygens (including phenoxy) is 2. The Morgan fingerprint density at radius 1 is 1.14 bits per heavy atom. The molecule has 1 aliphatic carbocycles. The van der Waals surface area contributed by atoms with Crippen LogP contribution in [0, 0.1) is 5.92 Å². The predicted molar refractivity (Wildman–Crippen MR) is 139 cm³/mol. The molecule has 1 amide bonds. The fourth-order valence-corrected chi connectivity index (χ4v) is 6.29. The number of anilines is 1. The van der Waals surface area contributed by atoms with E-state index in [4.69, 9.17) is 9.47 Å². The number of esters is 2. The summed E-state index contributed by atoms with van der Waals surface area (Å²) in [6, 6.07) is 4.26. The Hall–Kier alpha value is -3.18. The minimum Gasteiger partial charge on any atom is -0.465 e. The third-order valence-electron chi connectivity index (χ3n) is 6.07. The molecule has 2 heterocycles. The highest BCUT2D eigenvalue weighted by Gasteiger charge is 2.24. The summed E-state index contributed by atoms with van der Waals surface area (Å²) in [5.74, 6) is 0.0501.